The number of carbonyl (C=O) groups excluding carboxylic acids is 1. The summed E-state index contributed by atoms with van der Waals surface area (Å²) in [5.41, 5.74) is 1.32. The van der Waals surface area contributed by atoms with Crippen molar-refractivity contribution in [2.75, 3.05) is 5.32 Å². The SMILES string of the molecule is Cc1cccc(Cl)c1NC(=O)Oc1ccc(F)cc1. The molecule has 0 fully saturated rings. The number of rotatable bonds is 2. The number of nitrogens with one attached hydrogen (secondary N) is 1. The van der Waals surface area contributed by atoms with Crippen LogP contribution in [0.25, 0.3) is 0 Å². The summed E-state index contributed by atoms with van der Waals surface area (Å²) < 4.78 is 17.7. The van der Waals surface area contributed by atoms with Crippen LogP contribution in [-0.4, -0.2) is 6.09 Å². The summed E-state index contributed by atoms with van der Waals surface area (Å²) in [5.74, 6) is -0.140. The number of halogens is 2. The van der Waals surface area contributed by atoms with E-state index >= 15 is 0 Å². The molecule has 1 N–H and O–H groups in total. The van der Waals surface area contributed by atoms with Crippen molar-refractivity contribution in [3.63, 3.8) is 0 Å². The van der Waals surface area contributed by atoms with Crippen LogP contribution in [0.3, 0.4) is 0 Å². The zero-order valence-electron chi connectivity index (χ0n) is 10.1. The van der Waals surface area contributed by atoms with Crippen molar-refractivity contribution in [1.82, 2.24) is 0 Å². The highest BCUT2D eigenvalue weighted by Crippen LogP contribution is 2.25. The fourth-order valence-electron chi connectivity index (χ4n) is 1.53. The highest BCUT2D eigenvalue weighted by atomic mass is 35.5. The van der Waals surface area contributed by atoms with Gasteiger partial charge < -0.3 is 4.74 Å². The van der Waals surface area contributed by atoms with Gasteiger partial charge in [0.05, 0.1) is 10.7 Å². The number of hydrogen-bond donors (Lipinski definition) is 1. The van der Waals surface area contributed by atoms with Gasteiger partial charge in [-0.05, 0) is 42.8 Å². The van der Waals surface area contributed by atoms with Gasteiger partial charge in [0.15, 0.2) is 0 Å². The standard InChI is InChI=1S/C14H11ClFNO2/c1-9-3-2-4-12(15)13(9)17-14(18)19-11-7-5-10(16)6-8-11/h2-8H,1H3,(H,17,18). The maximum absolute atomic E-state index is 12.7. The zero-order chi connectivity index (χ0) is 13.8. The van der Waals surface area contributed by atoms with E-state index in [4.69, 9.17) is 16.3 Å². The van der Waals surface area contributed by atoms with E-state index in [1.54, 1.807) is 12.1 Å². The minimum absolute atomic E-state index is 0.253. The average molecular weight is 280 g/mol. The van der Waals surface area contributed by atoms with E-state index in [0.29, 0.717) is 10.7 Å². The summed E-state index contributed by atoms with van der Waals surface area (Å²) in [5, 5.41) is 2.98. The first-order valence-electron chi connectivity index (χ1n) is 5.56. The lowest BCUT2D eigenvalue weighted by Crippen LogP contribution is -2.17. The van der Waals surface area contributed by atoms with Gasteiger partial charge in [0, 0.05) is 0 Å². The molecule has 0 heterocycles. The van der Waals surface area contributed by atoms with Gasteiger partial charge in [-0.3, -0.25) is 5.32 Å². The Morgan fingerprint density at radius 1 is 1.21 bits per heavy atom. The van der Waals surface area contributed by atoms with E-state index in [1.807, 2.05) is 13.0 Å². The summed E-state index contributed by atoms with van der Waals surface area (Å²) in [6, 6.07) is 10.4. The van der Waals surface area contributed by atoms with E-state index in [0.717, 1.165) is 5.56 Å². The topological polar surface area (TPSA) is 38.3 Å². The molecule has 0 aliphatic heterocycles. The summed E-state index contributed by atoms with van der Waals surface area (Å²) in [4.78, 5) is 11.7. The molecule has 3 nitrogen and oxygen atoms in total. The van der Waals surface area contributed by atoms with Gasteiger partial charge in [0.25, 0.3) is 0 Å². The minimum Gasteiger partial charge on any atom is -0.410 e. The molecule has 5 heteroatoms. The van der Waals surface area contributed by atoms with Crippen LogP contribution in [0.1, 0.15) is 5.56 Å². The second kappa shape index (κ2) is 5.71. The Balaban J connectivity index is 2.07. The number of aryl methyl sites for hydroxylation is 1. The first kappa shape index (κ1) is 13.4. The van der Waals surface area contributed by atoms with Crippen LogP contribution in [-0.2, 0) is 0 Å². The minimum atomic E-state index is -0.678. The molecule has 0 unspecified atom stereocenters. The molecule has 2 rings (SSSR count). The quantitative estimate of drug-likeness (QED) is 0.885. The van der Waals surface area contributed by atoms with Gasteiger partial charge in [-0.25, -0.2) is 9.18 Å². The lowest BCUT2D eigenvalue weighted by molar-refractivity contribution is 0.215. The van der Waals surface area contributed by atoms with Crippen molar-refractivity contribution in [3.05, 3.63) is 58.9 Å². The van der Waals surface area contributed by atoms with E-state index in [2.05, 4.69) is 5.32 Å². The Morgan fingerprint density at radius 3 is 2.53 bits per heavy atom. The van der Waals surface area contributed by atoms with E-state index in [1.165, 1.54) is 24.3 Å². The molecular weight excluding hydrogens is 269 g/mol. The first-order chi connectivity index (χ1) is 9.06. The van der Waals surface area contributed by atoms with Crippen molar-refractivity contribution in [1.29, 1.82) is 0 Å². The molecule has 0 atom stereocenters. The lowest BCUT2D eigenvalue weighted by Gasteiger charge is -2.10. The summed E-state index contributed by atoms with van der Waals surface area (Å²) in [6.45, 7) is 1.82. The zero-order valence-corrected chi connectivity index (χ0v) is 10.9. The van der Waals surface area contributed by atoms with Crippen LogP contribution in [0, 0.1) is 12.7 Å². The van der Waals surface area contributed by atoms with Crippen molar-refractivity contribution in [2.45, 2.75) is 6.92 Å². The monoisotopic (exact) mass is 279 g/mol. The van der Waals surface area contributed by atoms with Gasteiger partial charge in [0.1, 0.15) is 11.6 Å². The third-order valence-electron chi connectivity index (χ3n) is 2.47. The Labute approximate surface area is 115 Å². The molecule has 0 aromatic heterocycles. The molecule has 19 heavy (non-hydrogen) atoms. The molecule has 2 aromatic rings. The second-order valence-corrected chi connectivity index (χ2v) is 4.31. The smallest absolute Gasteiger partial charge is 0.410 e. The Bertz CT molecular complexity index is 579. The van der Waals surface area contributed by atoms with Crippen LogP contribution in [0.5, 0.6) is 5.75 Å². The fourth-order valence-corrected chi connectivity index (χ4v) is 1.80. The molecule has 0 aliphatic carbocycles. The largest absolute Gasteiger partial charge is 0.417 e. The summed E-state index contributed by atoms with van der Waals surface area (Å²) in [6.07, 6.45) is -0.678. The molecule has 2 aromatic carbocycles. The van der Waals surface area contributed by atoms with Gasteiger partial charge in [0.2, 0.25) is 0 Å². The highest BCUT2D eigenvalue weighted by Gasteiger charge is 2.10. The molecular formula is C14H11ClFNO2. The predicted molar refractivity (Wildman–Crippen MR) is 72.2 cm³/mol. The van der Waals surface area contributed by atoms with Gasteiger partial charge in [-0.2, -0.15) is 0 Å². The number of benzene rings is 2. The van der Waals surface area contributed by atoms with E-state index < -0.39 is 11.9 Å². The molecule has 0 radical (unpaired) electrons. The maximum atomic E-state index is 12.7. The van der Waals surface area contributed by atoms with Gasteiger partial charge in [-0.15, -0.1) is 0 Å². The number of anilines is 1. The van der Waals surface area contributed by atoms with Crippen LogP contribution in [0.4, 0.5) is 14.9 Å². The molecule has 0 aliphatic rings. The summed E-state index contributed by atoms with van der Waals surface area (Å²) in [7, 11) is 0. The molecule has 98 valence electrons. The number of carbonyl (C=O) groups is 1. The molecule has 0 saturated heterocycles. The summed E-state index contributed by atoms with van der Waals surface area (Å²) >= 11 is 5.98. The number of ether oxygens (including phenoxy) is 1. The van der Waals surface area contributed by atoms with Crippen molar-refractivity contribution in [3.8, 4) is 5.75 Å². The predicted octanol–water partition coefficient (Wildman–Crippen LogP) is 4.40. The fraction of sp³-hybridized carbons (Fsp3) is 0.0714. The maximum Gasteiger partial charge on any atom is 0.417 e. The molecule has 0 spiro atoms. The van der Waals surface area contributed by atoms with E-state index in [9.17, 15) is 9.18 Å². The number of amides is 1. The molecule has 1 amide bonds. The van der Waals surface area contributed by atoms with Gasteiger partial charge in [-0.1, -0.05) is 23.7 Å². The first-order valence-corrected chi connectivity index (χ1v) is 5.93. The normalized spacial score (nSPS) is 10.1. The van der Waals surface area contributed by atoms with Crippen LogP contribution < -0.4 is 10.1 Å². The van der Waals surface area contributed by atoms with Crippen molar-refractivity contribution >= 4 is 23.4 Å². The van der Waals surface area contributed by atoms with Crippen LogP contribution in [0.2, 0.25) is 5.02 Å². The molecule has 0 saturated carbocycles. The van der Waals surface area contributed by atoms with Crippen molar-refractivity contribution < 1.29 is 13.9 Å². The van der Waals surface area contributed by atoms with Crippen molar-refractivity contribution in [2.24, 2.45) is 0 Å². The Hall–Kier alpha value is -2.07. The lowest BCUT2D eigenvalue weighted by atomic mass is 10.2. The Kier molecular flexibility index (Phi) is 4.02. The van der Waals surface area contributed by atoms with Crippen LogP contribution >= 0.6 is 11.6 Å². The third-order valence-corrected chi connectivity index (χ3v) is 2.79. The Morgan fingerprint density at radius 2 is 1.89 bits per heavy atom. The molecule has 0 bridgehead atoms. The second-order valence-electron chi connectivity index (χ2n) is 3.90. The average Bonchev–Trinajstić information content (AvgIpc) is 2.37. The number of para-hydroxylation sites is 1. The van der Waals surface area contributed by atoms with E-state index in [-0.39, 0.29) is 5.75 Å². The highest BCUT2D eigenvalue weighted by molar-refractivity contribution is 6.33. The van der Waals surface area contributed by atoms with Gasteiger partial charge >= 0.3 is 6.09 Å². The third kappa shape index (κ3) is 3.45. The van der Waals surface area contributed by atoms with Crippen LogP contribution in [0.15, 0.2) is 42.5 Å². The number of hydrogen-bond acceptors (Lipinski definition) is 2.